The van der Waals surface area contributed by atoms with Gasteiger partial charge in [-0.05, 0) is 23.8 Å². The third-order valence-corrected chi connectivity index (χ3v) is 3.95. The zero-order valence-electron chi connectivity index (χ0n) is 10.4. The fourth-order valence-corrected chi connectivity index (χ4v) is 2.62. The molecule has 0 heterocycles. The molecule has 0 N–H and O–H groups in total. The molecule has 2 aromatic carbocycles. The number of nitro benzene ring substituents is 1. The van der Waals surface area contributed by atoms with Crippen LogP contribution >= 0.6 is 34.8 Å². The van der Waals surface area contributed by atoms with Crippen LogP contribution in [0.1, 0.15) is 5.56 Å². The van der Waals surface area contributed by atoms with Crippen molar-refractivity contribution in [1.82, 2.24) is 0 Å². The van der Waals surface area contributed by atoms with Crippen molar-refractivity contribution < 1.29 is 18.1 Å². The minimum atomic E-state index is -4.84. The lowest BCUT2D eigenvalue weighted by Crippen LogP contribution is -2.08. The summed E-state index contributed by atoms with van der Waals surface area (Å²) >= 11 is 17.8. The molecule has 0 saturated heterocycles. The average Bonchev–Trinajstić information content (AvgIpc) is 2.42. The van der Waals surface area contributed by atoms with Crippen molar-refractivity contribution in [3.63, 3.8) is 0 Å². The number of alkyl halides is 3. The van der Waals surface area contributed by atoms with Crippen molar-refractivity contribution in [3.05, 3.63) is 61.1 Å². The molecular weight excluding hydrogens is 366 g/mol. The Hall–Kier alpha value is -1.50. The Bertz CT molecular complexity index is 763. The Labute approximate surface area is 137 Å². The van der Waals surface area contributed by atoms with E-state index in [0.717, 1.165) is 12.1 Å². The number of hydrogen-bond acceptors (Lipinski definition) is 2. The van der Waals surface area contributed by atoms with Crippen LogP contribution in [-0.4, -0.2) is 4.92 Å². The first kappa shape index (κ1) is 16.9. The lowest BCUT2D eigenvalue weighted by atomic mass is 10.0. The smallest absolute Gasteiger partial charge is 0.258 e. The Morgan fingerprint density at radius 2 is 1.59 bits per heavy atom. The summed E-state index contributed by atoms with van der Waals surface area (Å²) in [5.41, 5.74) is -2.24. The monoisotopic (exact) mass is 369 g/mol. The molecule has 0 aromatic heterocycles. The van der Waals surface area contributed by atoms with E-state index in [1.807, 2.05) is 0 Å². The van der Waals surface area contributed by atoms with E-state index < -0.39 is 22.4 Å². The normalized spacial score (nSPS) is 11.5. The lowest BCUT2D eigenvalue weighted by Gasteiger charge is -2.11. The molecule has 0 amide bonds. The van der Waals surface area contributed by atoms with Gasteiger partial charge in [0.25, 0.3) is 5.69 Å². The quantitative estimate of drug-likeness (QED) is 0.357. The fourth-order valence-electron chi connectivity index (χ4n) is 1.87. The van der Waals surface area contributed by atoms with E-state index in [0.29, 0.717) is 6.07 Å². The van der Waals surface area contributed by atoms with Gasteiger partial charge in [-0.2, -0.15) is 13.2 Å². The Balaban J connectivity index is 2.73. The highest BCUT2D eigenvalue weighted by atomic mass is 35.5. The maximum absolute atomic E-state index is 12.8. The molecule has 0 radical (unpaired) electrons. The van der Waals surface area contributed by atoms with Crippen molar-refractivity contribution in [2.24, 2.45) is 0 Å². The van der Waals surface area contributed by atoms with Crippen LogP contribution < -0.4 is 0 Å². The van der Waals surface area contributed by atoms with Crippen molar-refractivity contribution in [2.75, 3.05) is 0 Å². The molecule has 0 atom stereocenters. The molecule has 0 spiro atoms. The molecule has 0 fully saturated rings. The van der Waals surface area contributed by atoms with Gasteiger partial charge in [-0.15, -0.1) is 0 Å². The first-order chi connectivity index (χ1) is 10.1. The number of nitrogens with zero attached hydrogens (tertiary/aromatic N) is 1. The van der Waals surface area contributed by atoms with Crippen LogP contribution in [0.4, 0.5) is 18.9 Å². The van der Waals surface area contributed by atoms with Gasteiger partial charge in [-0.1, -0.05) is 40.9 Å². The van der Waals surface area contributed by atoms with Gasteiger partial charge in [0.15, 0.2) is 0 Å². The Kier molecular flexibility index (Phi) is 4.56. The summed E-state index contributed by atoms with van der Waals surface area (Å²) in [7, 11) is 0. The third-order valence-electron chi connectivity index (χ3n) is 2.83. The summed E-state index contributed by atoms with van der Waals surface area (Å²) in [6, 6.07) is 5.25. The largest absolute Gasteiger partial charge is 0.422 e. The third kappa shape index (κ3) is 3.14. The van der Waals surface area contributed by atoms with E-state index in [4.69, 9.17) is 34.8 Å². The molecule has 116 valence electrons. The number of nitro groups is 1. The highest BCUT2D eigenvalue weighted by Crippen LogP contribution is 2.43. The van der Waals surface area contributed by atoms with Crippen LogP contribution in [0.2, 0.25) is 15.1 Å². The zero-order chi connectivity index (χ0) is 16.7. The molecule has 0 aliphatic rings. The first-order valence-electron chi connectivity index (χ1n) is 5.62. The zero-order valence-corrected chi connectivity index (χ0v) is 12.7. The van der Waals surface area contributed by atoms with Crippen molar-refractivity contribution >= 4 is 40.5 Å². The summed E-state index contributed by atoms with van der Waals surface area (Å²) in [5, 5.41) is 11.1. The van der Waals surface area contributed by atoms with Crippen molar-refractivity contribution in [2.45, 2.75) is 6.18 Å². The van der Waals surface area contributed by atoms with E-state index in [-0.39, 0.29) is 26.2 Å². The van der Waals surface area contributed by atoms with Crippen LogP contribution in [0.15, 0.2) is 30.3 Å². The summed E-state index contributed by atoms with van der Waals surface area (Å²) in [6.45, 7) is 0. The molecule has 3 nitrogen and oxygen atoms in total. The number of hydrogen-bond donors (Lipinski definition) is 0. The van der Waals surface area contributed by atoms with E-state index in [1.165, 1.54) is 12.1 Å². The molecular formula is C13H5Cl3F3NO2. The topological polar surface area (TPSA) is 43.1 Å². The molecule has 0 saturated carbocycles. The SMILES string of the molecule is O=[N+]([O-])c1cc(-c2c(Cl)ccc(Cl)c2Cl)ccc1C(F)(F)F. The predicted molar refractivity (Wildman–Crippen MR) is 78.6 cm³/mol. The van der Waals surface area contributed by atoms with Gasteiger partial charge in [0.05, 0.1) is 20.0 Å². The van der Waals surface area contributed by atoms with Crippen LogP contribution in [0.5, 0.6) is 0 Å². The highest BCUT2D eigenvalue weighted by molar-refractivity contribution is 6.46. The van der Waals surface area contributed by atoms with Crippen molar-refractivity contribution in [1.29, 1.82) is 0 Å². The average molecular weight is 371 g/mol. The van der Waals surface area contributed by atoms with Gasteiger partial charge < -0.3 is 0 Å². The summed E-state index contributed by atoms with van der Waals surface area (Å²) in [4.78, 5) is 9.79. The number of rotatable bonds is 2. The summed E-state index contributed by atoms with van der Waals surface area (Å²) in [6.07, 6.45) is -4.84. The van der Waals surface area contributed by atoms with Crippen LogP contribution in [0, 0.1) is 10.1 Å². The van der Waals surface area contributed by atoms with E-state index >= 15 is 0 Å². The number of halogens is 6. The second-order valence-corrected chi connectivity index (χ2v) is 5.40. The van der Waals surface area contributed by atoms with Gasteiger partial charge in [-0.3, -0.25) is 10.1 Å². The molecule has 0 unspecified atom stereocenters. The number of benzene rings is 2. The second-order valence-electron chi connectivity index (χ2n) is 4.20. The van der Waals surface area contributed by atoms with E-state index in [2.05, 4.69) is 0 Å². The minimum Gasteiger partial charge on any atom is -0.258 e. The minimum absolute atomic E-state index is 0.00298. The summed E-state index contributed by atoms with van der Waals surface area (Å²) in [5.74, 6) is 0. The van der Waals surface area contributed by atoms with Gasteiger partial charge in [0.1, 0.15) is 5.56 Å². The maximum Gasteiger partial charge on any atom is 0.422 e. The fraction of sp³-hybridized carbons (Fsp3) is 0.0769. The molecule has 0 bridgehead atoms. The van der Waals surface area contributed by atoms with Gasteiger partial charge in [0, 0.05) is 11.6 Å². The van der Waals surface area contributed by atoms with Crippen LogP contribution in [0.3, 0.4) is 0 Å². The summed E-state index contributed by atoms with van der Waals surface area (Å²) < 4.78 is 38.4. The second kappa shape index (κ2) is 5.95. The molecule has 9 heteroatoms. The Morgan fingerprint density at radius 1 is 1.00 bits per heavy atom. The van der Waals surface area contributed by atoms with Crippen LogP contribution in [-0.2, 0) is 6.18 Å². The van der Waals surface area contributed by atoms with Gasteiger partial charge >= 0.3 is 6.18 Å². The maximum atomic E-state index is 12.8. The molecule has 2 rings (SSSR count). The molecule has 22 heavy (non-hydrogen) atoms. The van der Waals surface area contributed by atoms with Gasteiger partial charge in [0.2, 0.25) is 0 Å². The Morgan fingerprint density at radius 3 is 2.14 bits per heavy atom. The van der Waals surface area contributed by atoms with Crippen LogP contribution in [0.25, 0.3) is 11.1 Å². The lowest BCUT2D eigenvalue weighted by molar-refractivity contribution is -0.388. The van der Waals surface area contributed by atoms with E-state index in [1.54, 1.807) is 0 Å². The van der Waals surface area contributed by atoms with Gasteiger partial charge in [-0.25, -0.2) is 0 Å². The first-order valence-corrected chi connectivity index (χ1v) is 6.76. The predicted octanol–water partition coefficient (Wildman–Crippen LogP) is 6.24. The highest BCUT2D eigenvalue weighted by Gasteiger charge is 2.38. The standard InChI is InChI=1S/C13H5Cl3F3NO2/c14-8-3-4-9(15)12(16)11(8)6-1-2-7(13(17,18)19)10(5-6)20(21)22/h1-5H. The molecule has 0 aliphatic carbocycles. The van der Waals surface area contributed by atoms with Crippen molar-refractivity contribution in [3.8, 4) is 11.1 Å². The molecule has 0 aliphatic heterocycles. The van der Waals surface area contributed by atoms with E-state index in [9.17, 15) is 23.3 Å². The molecule has 2 aromatic rings.